The molecule has 1 rings (SSSR count). The third kappa shape index (κ3) is 4.51. The number of aliphatic hydroxyl groups is 1. The summed E-state index contributed by atoms with van der Waals surface area (Å²) in [4.78, 5) is 0. The predicted octanol–water partition coefficient (Wildman–Crippen LogP) is 1.47. The first-order valence-corrected chi connectivity index (χ1v) is 5.29. The lowest BCUT2D eigenvalue weighted by atomic mass is 10.3. The molecule has 1 N–H and O–H groups in total. The van der Waals surface area contributed by atoms with Gasteiger partial charge in [0.1, 0.15) is 24.2 Å². The van der Waals surface area contributed by atoms with Crippen LogP contribution in [0.3, 0.4) is 0 Å². The van der Waals surface area contributed by atoms with Crippen molar-refractivity contribution in [3.05, 3.63) is 24.3 Å². The molecular formula is C12H18O4. The van der Waals surface area contributed by atoms with Crippen LogP contribution in [0, 0.1) is 0 Å². The zero-order chi connectivity index (χ0) is 11.8. The van der Waals surface area contributed by atoms with Crippen LogP contribution >= 0.6 is 0 Å². The molecular weight excluding hydrogens is 208 g/mol. The van der Waals surface area contributed by atoms with Crippen molar-refractivity contribution in [1.29, 1.82) is 0 Å². The molecule has 1 atom stereocenters. The van der Waals surface area contributed by atoms with E-state index in [4.69, 9.17) is 14.2 Å². The van der Waals surface area contributed by atoms with Gasteiger partial charge in [-0.1, -0.05) is 6.07 Å². The third-order valence-corrected chi connectivity index (χ3v) is 2.00. The largest absolute Gasteiger partial charge is 0.497 e. The van der Waals surface area contributed by atoms with E-state index in [1.54, 1.807) is 13.2 Å². The standard InChI is InChI=1S/C12H18O4/c1-3-15-8-10(13)9-16-12-6-4-5-11(7-12)14-2/h4-7,10,13H,3,8-9H2,1-2H3. The van der Waals surface area contributed by atoms with E-state index < -0.39 is 6.10 Å². The molecule has 4 nitrogen and oxygen atoms in total. The summed E-state index contributed by atoms with van der Waals surface area (Å²) in [6.07, 6.45) is -0.605. The highest BCUT2D eigenvalue weighted by atomic mass is 16.5. The summed E-state index contributed by atoms with van der Waals surface area (Å²) in [7, 11) is 1.60. The quantitative estimate of drug-likeness (QED) is 0.765. The summed E-state index contributed by atoms with van der Waals surface area (Å²) in [5.41, 5.74) is 0. The Hall–Kier alpha value is -1.26. The fraction of sp³-hybridized carbons (Fsp3) is 0.500. The van der Waals surface area contributed by atoms with Crippen LogP contribution in [0.4, 0.5) is 0 Å². The van der Waals surface area contributed by atoms with Crippen LogP contribution in [0.2, 0.25) is 0 Å². The Bertz CT molecular complexity index is 301. The fourth-order valence-electron chi connectivity index (χ4n) is 1.19. The van der Waals surface area contributed by atoms with Gasteiger partial charge in [-0.25, -0.2) is 0 Å². The van der Waals surface area contributed by atoms with Crippen molar-refractivity contribution in [3.8, 4) is 11.5 Å². The molecule has 0 heterocycles. The molecule has 1 aromatic rings. The normalized spacial score (nSPS) is 12.2. The van der Waals surface area contributed by atoms with Crippen LogP contribution in [0.5, 0.6) is 11.5 Å². The summed E-state index contributed by atoms with van der Waals surface area (Å²) in [5.74, 6) is 1.41. The zero-order valence-electron chi connectivity index (χ0n) is 9.68. The highest BCUT2D eigenvalue weighted by Gasteiger charge is 2.05. The fourth-order valence-corrected chi connectivity index (χ4v) is 1.19. The summed E-state index contributed by atoms with van der Waals surface area (Å²) in [6, 6.07) is 7.26. The van der Waals surface area contributed by atoms with Gasteiger partial charge in [0.15, 0.2) is 0 Å². The second kappa shape index (κ2) is 7.09. The Morgan fingerprint density at radius 2 is 2.00 bits per heavy atom. The molecule has 0 saturated heterocycles. The van der Waals surface area contributed by atoms with E-state index in [9.17, 15) is 5.11 Å². The van der Waals surface area contributed by atoms with Crippen LogP contribution in [0.15, 0.2) is 24.3 Å². The van der Waals surface area contributed by atoms with E-state index >= 15 is 0 Å². The Balaban J connectivity index is 2.35. The number of ether oxygens (including phenoxy) is 3. The van der Waals surface area contributed by atoms with Crippen LogP contribution < -0.4 is 9.47 Å². The second-order valence-electron chi connectivity index (χ2n) is 3.30. The molecule has 0 radical (unpaired) electrons. The Labute approximate surface area is 95.8 Å². The van der Waals surface area contributed by atoms with Gasteiger partial charge in [0.25, 0.3) is 0 Å². The minimum atomic E-state index is -0.605. The first-order chi connectivity index (χ1) is 7.76. The molecule has 16 heavy (non-hydrogen) atoms. The van der Waals surface area contributed by atoms with E-state index in [0.717, 1.165) is 5.75 Å². The van der Waals surface area contributed by atoms with Crippen LogP contribution in [0.1, 0.15) is 6.92 Å². The molecule has 1 aromatic carbocycles. The van der Waals surface area contributed by atoms with Gasteiger partial charge < -0.3 is 19.3 Å². The molecule has 0 fully saturated rings. The lowest BCUT2D eigenvalue weighted by Crippen LogP contribution is -2.23. The summed E-state index contributed by atoms with van der Waals surface area (Å²) in [5, 5.41) is 9.49. The lowest BCUT2D eigenvalue weighted by Gasteiger charge is -2.12. The monoisotopic (exact) mass is 226 g/mol. The molecule has 4 heteroatoms. The smallest absolute Gasteiger partial charge is 0.123 e. The van der Waals surface area contributed by atoms with Crippen molar-refractivity contribution in [2.24, 2.45) is 0 Å². The van der Waals surface area contributed by atoms with Gasteiger partial charge >= 0.3 is 0 Å². The van der Waals surface area contributed by atoms with Gasteiger partial charge in [-0.15, -0.1) is 0 Å². The molecule has 0 aliphatic heterocycles. The van der Waals surface area contributed by atoms with Gasteiger partial charge in [0.2, 0.25) is 0 Å². The van der Waals surface area contributed by atoms with Crippen molar-refractivity contribution < 1.29 is 19.3 Å². The topological polar surface area (TPSA) is 47.9 Å². The average Bonchev–Trinajstić information content (AvgIpc) is 2.34. The van der Waals surface area contributed by atoms with E-state index in [2.05, 4.69) is 0 Å². The number of methoxy groups -OCH3 is 1. The minimum Gasteiger partial charge on any atom is -0.497 e. The number of hydrogen-bond acceptors (Lipinski definition) is 4. The Morgan fingerprint density at radius 3 is 2.69 bits per heavy atom. The molecule has 0 aliphatic rings. The third-order valence-electron chi connectivity index (χ3n) is 2.00. The average molecular weight is 226 g/mol. The van der Waals surface area contributed by atoms with Crippen LogP contribution in [0.25, 0.3) is 0 Å². The number of rotatable bonds is 7. The molecule has 0 aliphatic carbocycles. The molecule has 0 spiro atoms. The van der Waals surface area contributed by atoms with E-state index in [-0.39, 0.29) is 6.61 Å². The number of benzene rings is 1. The summed E-state index contributed by atoms with van der Waals surface area (Å²) in [6.45, 7) is 2.99. The molecule has 0 bridgehead atoms. The van der Waals surface area contributed by atoms with Crippen molar-refractivity contribution in [2.45, 2.75) is 13.0 Å². The molecule has 0 amide bonds. The van der Waals surface area contributed by atoms with Crippen molar-refractivity contribution in [1.82, 2.24) is 0 Å². The van der Waals surface area contributed by atoms with E-state index in [1.807, 2.05) is 25.1 Å². The van der Waals surface area contributed by atoms with Gasteiger partial charge in [0.05, 0.1) is 13.7 Å². The van der Waals surface area contributed by atoms with Gasteiger partial charge in [0, 0.05) is 12.7 Å². The second-order valence-corrected chi connectivity index (χ2v) is 3.30. The van der Waals surface area contributed by atoms with Gasteiger partial charge in [-0.05, 0) is 19.1 Å². The first kappa shape index (κ1) is 12.8. The Kier molecular flexibility index (Phi) is 5.67. The maximum atomic E-state index is 9.49. The summed E-state index contributed by atoms with van der Waals surface area (Å²) >= 11 is 0. The zero-order valence-corrected chi connectivity index (χ0v) is 9.68. The molecule has 0 aromatic heterocycles. The maximum absolute atomic E-state index is 9.49. The number of hydrogen-bond donors (Lipinski definition) is 1. The number of aliphatic hydroxyl groups excluding tert-OH is 1. The van der Waals surface area contributed by atoms with Crippen LogP contribution in [-0.2, 0) is 4.74 Å². The van der Waals surface area contributed by atoms with Crippen molar-refractivity contribution >= 4 is 0 Å². The van der Waals surface area contributed by atoms with Gasteiger partial charge in [-0.3, -0.25) is 0 Å². The molecule has 0 saturated carbocycles. The summed E-state index contributed by atoms with van der Waals surface area (Å²) < 4.78 is 15.5. The highest BCUT2D eigenvalue weighted by molar-refractivity contribution is 5.32. The SMILES string of the molecule is CCOCC(O)COc1cccc(OC)c1. The van der Waals surface area contributed by atoms with E-state index in [1.165, 1.54) is 0 Å². The Morgan fingerprint density at radius 1 is 1.25 bits per heavy atom. The highest BCUT2D eigenvalue weighted by Crippen LogP contribution is 2.18. The van der Waals surface area contributed by atoms with Crippen molar-refractivity contribution in [2.75, 3.05) is 26.9 Å². The minimum absolute atomic E-state index is 0.215. The van der Waals surface area contributed by atoms with E-state index in [0.29, 0.717) is 19.0 Å². The van der Waals surface area contributed by atoms with Crippen LogP contribution in [-0.4, -0.2) is 38.1 Å². The van der Waals surface area contributed by atoms with Gasteiger partial charge in [-0.2, -0.15) is 0 Å². The van der Waals surface area contributed by atoms with Crippen molar-refractivity contribution in [3.63, 3.8) is 0 Å². The molecule has 90 valence electrons. The maximum Gasteiger partial charge on any atom is 0.123 e. The molecule has 1 unspecified atom stereocenters. The lowest BCUT2D eigenvalue weighted by molar-refractivity contribution is 0.0164. The first-order valence-electron chi connectivity index (χ1n) is 5.29. The predicted molar refractivity (Wildman–Crippen MR) is 61.0 cm³/mol.